The van der Waals surface area contributed by atoms with Gasteiger partial charge in [-0.15, -0.1) is 0 Å². The zero-order valence-corrected chi connectivity index (χ0v) is 12.1. The van der Waals surface area contributed by atoms with Gasteiger partial charge in [-0.2, -0.15) is 0 Å². The van der Waals surface area contributed by atoms with Crippen LogP contribution in [0.15, 0.2) is 18.2 Å². The summed E-state index contributed by atoms with van der Waals surface area (Å²) in [6.07, 6.45) is 0. The Bertz CT molecular complexity index is 479. The van der Waals surface area contributed by atoms with Gasteiger partial charge in [0.2, 0.25) is 5.91 Å². The minimum Gasteiger partial charge on any atom is -0.496 e. The summed E-state index contributed by atoms with van der Waals surface area (Å²) in [4.78, 5) is 23.4. The first kappa shape index (κ1) is 16.3. The molecule has 0 bridgehead atoms. The van der Waals surface area contributed by atoms with Crippen LogP contribution in [0.1, 0.15) is 10.4 Å². The number of carbonyl (C=O) groups excluding carboxylic acids is 2. The first-order valence-electron chi connectivity index (χ1n) is 5.96. The maximum Gasteiger partial charge on any atom is 0.255 e. The fraction of sp³-hybridized carbons (Fsp3) is 0.385. The predicted molar refractivity (Wildman–Crippen MR) is 75.2 cm³/mol. The molecule has 0 heterocycles. The standard InChI is InChI=1S/C13H17ClN2O4/c1-19-6-5-15-12(17)8-16-13(18)10-7-9(14)3-4-11(10)20-2/h3-4,7H,5-6,8H2,1-2H3,(H,15,17)(H,16,18). The number of halogens is 1. The van der Waals surface area contributed by atoms with Crippen molar-refractivity contribution in [2.45, 2.75) is 0 Å². The molecule has 0 saturated carbocycles. The van der Waals surface area contributed by atoms with E-state index in [-0.39, 0.29) is 18.0 Å². The molecule has 0 atom stereocenters. The molecule has 7 heteroatoms. The molecule has 0 spiro atoms. The van der Waals surface area contributed by atoms with Crippen LogP contribution in [0.2, 0.25) is 5.02 Å². The molecule has 0 radical (unpaired) electrons. The summed E-state index contributed by atoms with van der Waals surface area (Å²) in [7, 11) is 3.00. The summed E-state index contributed by atoms with van der Waals surface area (Å²) < 4.78 is 9.87. The monoisotopic (exact) mass is 300 g/mol. The van der Waals surface area contributed by atoms with Gasteiger partial charge < -0.3 is 20.1 Å². The second-order valence-corrected chi connectivity index (χ2v) is 4.31. The van der Waals surface area contributed by atoms with E-state index in [4.69, 9.17) is 21.1 Å². The van der Waals surface area contributed by atoms with Crippen molar-refractivity contribution in [1.82, 2.24) is 10.6 Å². The van der Waals surface area contributed by atoms with Crippen LogP contribution >= 0.6 is 11.6 Å². The van der Waals surface area contributed by atoms with E-state index >= 15 is 0 Å². The van der Waals surface area contributed by atoms with Gasteiger partial charge in [0, 0.05) is 18.7 Å². The van der Waals surface area contributed by atoms with Gasteiger partial charge in [-0.25, -0.2) is 0 Å². The summed E-state index contributed by atoms with van der Waals surface area (Å²) in [6, 6.07) is 4.70. The Morgan fingerprint density at radius 1 is 1.25 bits per heavy atom. The average Bonchev–Trinajstić information content (AvgIpc) is 2.45. The Morgan fingerprint density at radius 2 is 2.00 bits per heavy atom. The van der Waals surface area contributed by atoms with Gasteiger partial charge in [0.25, 0.3) is 5.91 Å². The van der Waals surface area contributed by atoms with Gasteiger partial charge in [-0.1, -0.05) is 11.6 Å². The summed E-state index contributed by atoms with van der Waals surface area (Å²) >= 11 is 5.84. The smallest absolute Gasteiger partial charge is 0.255 e. The maximum atomic E-state index is 12.0. The lowest BCUT2D eigenvalue weighted by molar-refractivity contribution is -0.120. The molecule has 2 amide bonds. The van der Waals surface area contributed by atoms with Gasteiger partial charge in [0.05, 0.1) is 25.8 Å². The highest BCUT2D eigenvalue weighted by molar-refractivity contribution is 6.31. The van der Waals surface area contributed by atoms with Crippen molar-refractivity contribution in [2.24, 2.45) is 0 Å². The van der Waals surface area contributed by atoms with Crippen molar-refractivity contribution in [3.05, 3.63) is 28.8 Å². The molecule has 0 aromatic heterocycles. The van der Waals surface area contributed by atoms with Crippen LogP contribution in [0.3, 0.4) is 0 Å². The Hall–Kier alpha value is -1.79. The molecule has 0 unspecified atom stereocenters. The van der Waals surface area contributed by atoms with Crippen LogP contribution in [-0.4, -0.2) is 45.7 Å². The molecular weight excluding hydrogens is 284 g/mol. The van der Waals surface area contributed by atoms with Crippen molar-refractivity contribution >= 4 is 23.4 Å². The van der Waals surface area contributed by atoms with Crippen LogP contribution < -0.4 is 15.4 Å². The van der Waals surface area contributed by atoms with Crippen molar-refractivity contribution in [3.8, 4) is 5.75 Å². The highest BCUT2D eigenvalue weighted by atomic mass is 35.5. The molecule has 1 aromatic carbocycles. The quantitative estimate of drug-likeness (QED) is 0.732. The molecule has 2 N–H and O–H groups in total. The van der Waals surface area contributed by atoms with E-state index < -0.39 is 5.91 Å². The molecule has 1 aromatic rings. The Morgan fingerprint density at radius 3 is 2.65 bits per heavy atom. The molecule has 0 aliphatic rings. The molecule has 110 valence electrons. The SMILES string of the molecule is COCCNC(=O)CNC(=O)c1cc(Cl)ccc1OC. The summed E-state index contributed by atoms with van der Waals surface area (Å²) in [6.45, 7) is 0.686. The Balaban J connectivity index is 2.54. The average molecular weight is 301 g/mol. The molecular formula is C13H17ClN2O4. The number of rotatable bonds is 7. The van der Waals surface area contributed by atoms with Gasteiger partial charge in [-0.05, 0) is 18.2 Å². The predicted octanol–water partition coefficient (Wildman–Crippen LogP) is 0.841. The van der Waals surface area contributed by atoms with E-state index in [2.05, 4.69) is 10.6 Å². The van der Waals surface area contributed by atoms with E-state index in [1.807, 2.05) is 0 Å². The Kier molecular flexibility index (Phi) is 6.83. The fourth-order valence-corrected chi connectivity index (χ4v) is 1.64. The first-order valence-corrected chi connectivity index (χ1v) is 6.33. The van der Waals surface area contributed by atoms with E-state index in [0.29, 0.717) is 23.9 Å². The van der Waals surface area contributed by atoms with Crippen LogP contribution in [0.5, 0.6) is 5.75 Å². The van der Waals surface area contributed by atoms with Crippen molar-refractivity contribution in [1.29, 1.82) is 0 Å². The number of amides is 2. The van der Waals surface area contributed by atoms with Gasteiger partial charge in [-0.3, -0.25) is 9.59 Å². The molecule has 0 fully saturated rings. The number of hydrogen-bond donors (Lipinski definition) is 2. The highest BCUT2D eigenvalue weighted by Crippen LogP contribution is 2.22. The van der Waals surface area contributed by atoms with Crippen molar-refractivity contribution in [2.75, 3.05) is 33.9 Å². The van der Waals surface area contributed by atoms with Crippen LogP contribution in [-0.2, 0) is 9.53 Å². The Labute approximate surface area is 122 Å². The van der Waals surface area contributed by atoms with Crippen molar-refractivity contribution < 1.29 is 19.1 Å². The van der Waals surface area contributed by atoms with E-state index in [1.54, 1.807) is 19.2 Å². The normalized spacial score (nSPS) is 9.95. The molecule has 0 aliphatic heterocycles. The molecule has 20 heavy (non-hydrogen) atoms. The fourth-order valence-electron chi connectivity index (χ4n) is 1.47. The largest absolute Gasteiger partial charge is 0.496 e. The lowest BCUT2D eigenvalue weighted by Crippen LogP contribution is -2.38. The zero-order valence-electron chi connectivity index (χ0n) is 11.4. The van der Waals surface area contributed by atoms with E-state index in [0.717, 1.165) is 0 Å². The van der Waals surface area contributed by atoms with Crippen LogP contribution in [0, 0.1) is 0 Å². The van der Waals surface area contributed by atoms with E-state index in [1.165, 1.54) is 13.2 Å². The first-order chi connectivity index (χ1) is 9.58. The van der Waals surface area contributed by atoms with Gasteiger partial charge in [0.15, 0.2) is 0 Å². The van der Waals surface area contributed by atoms with Gasteiger partial charge >= 0.3 is 0 Å². The topological polar surface area (TPSA) is 76.7 Å². The maximum absolute atomic E-state index is 12.0. The minimum atomic E-state index is -0.425. The van der Waals surface area contributed by atoms with Crippen LogP contribution in [0.25, 0.3) is 0 Å². The summed E-state index contributed by atoms with van der Waals surface area (Å²) in [5, 5.41) is 5.51. The van der Waals surface area contributed by atoms with Gasteiger partial charge in [0.1, 0.15) is 5.75 Å². The van der Waals surface area contributed by atoms with Crippen LogP contribution in [0.4, 0.5) is 0 Å². The second-order valence-electron chi connectivity index (χ2n) is 3.87. The number of benzene rings is 1. The third kappa shape index (κ3) is 5.07. The molecule has 0 aliphatic carbocycles. The number of methoxy groups -OCH3 is 2. The second kappa shape index (κ2) is 8.39. The zero-order chi connectivity index (χ0) is 15.0. The van der Waals surface area contributed by atoms with Crippen molar-refractivity contribution in [3.63, 3.8) is 0 Å². The molecule has 6 nitrogen and oxygen atoms in total. The third-order valence-corrected chi connectivity index (χ3v) is 2.68. The number of carbonyl (C=O) groups is 2. The number of hydrogen-bond acceptors (Lipinski definition) is 4. The highest BCUT2D eigenvalue weighted by Gasteiger charge is 2.13. The third-order valence-electron chi connectivity index (χ3n) is 2.44. The molecule has 1 rings (SSSR count). The van der Waals surface area contributed by atoms with E-state index in [9.17, 15) is 9.59 Å². The lowest BCUT2D eigenvalue weighted by atomic mass is 10.2. The lowest BCUT2D eigenvalue weighted by Gasteiger charge is -2.10. The number of ether oxygens (including phenoxy) is 2. The molecule has 0 saturated heterocycles. The summed E-state index contributed by atoms with van der Waals surface area (Å²) in [5.41, 5.74) is 0.282. The minimum absolute atomic E-state index is 0.127. The number of nitrogens with one attached hydrogen (secondary N) is 2. The summed E-state index contributed by atoms with van der Waals surface area (Å²) in [5.74, 6) is -0.325.